The number of hydrogen-bond donors (Lipinski definition) is 1. The van der Waals surface area contributed by atoms with Crippen molar-refractivity contribution in [3.63, 3.8) is 0 Å². The quantitative estimate of drug-likeness (QED) is 0.876. The number of carbonyl (C=O) groups excluding carboxylic acids is 1. The zero-order valence-corrected chi connectivity index (χ0v) is 16.1. The Morgan fingerprint density at radius 2 is 1.68 bits per heavy atom. The summed E-state index contributed by atoms with van der Waals surface area (Å²) in [6.45, 7) is 9.87. The highest BCUT2D eigenvalue weighted by atomic mass is 16.6. The minimum atomic E-state index is -0.732. The molecule has 25 heavy (non-hydrogen) atoms. The fourth-order valence-corrected chi connectivity index (χ4v) is 4.63. The van der Waals surface area contributed by atoms with Gasteiger partial charge >= 0.3 is 6.09 Å². The summed E-state index contributed by atoms with van der Waals surface area (Å²) in [6, 6.07) is 6.65. The smallest absolute Gasteiger partial charge is 0.410 e. The van der Waals surface area contributed by atoms with Gasteiger partial charge in [0.1, 0.15) is 5.60 Å². The third-order valence-corrected chi connectivity index (χ3v) is 5.27. The first-order chi connectivity index (χ1) is 11.5. The first kappa shape index (κ1) is 18.2. The first-order valence-corrected chi connectivity index (χ1v) is 9.36. The van der Waals surface area contributed by atoms with Crippen LogP contribution in [0.1, 0.15) is 63.1 Å². The molecule has 1 aromatic carbocycles. The highest BCUT2D eigenvalue weighted by Crippen LogP contribution is 2.43. The molecule has 0 spiro atoms. The van der Waals surface area contributed by atoms with Gasteiger partial charge in [0, 0.05) is 18.5 Å². The van der Waals surface area contributed by atoms with Crippen molar-refractivity contribution < 1.29 is 14.6 Å². The summed E-state index contributed by atoms with van der Waals surface area (Å²) in [7, 11) is 0. The molecule has 0 saturated carbocycles. The van der Waals surface area contributed by atoms with Gasteiger partial charge in [-0.2, -0.15) is 0 Å². The van der Waals surface area contributed by atoms with E-state index in [1.165, 1.54) is 16.7 Å². The van der Waals surface area contributed by atoms with Crippen molar-refractivity contribution in [1.29, 1.82) is 0 Å². The van der Waals surface area contributed by atoms with Crippen molar-refractivity contribution in [2.24, 2.45) is 0 Å². The molecule has 138 valence electrons. The number of rotatable bonds is 2. The van der Waals surface area contributed by atoms with E-state index in [0.29, 0.717) is 19.3 Å². The first-order valence-electron chi connectivity index (χ1n) is 9.36. The zero-order chi connectivity index (χ0) is 18.4. The van der Waals surface area contributed by atoms with Crippen molar-refractivity contribution in [2.75, 3.05) is 0 Å². The van der Waals surface area contributed by atoms with Gasteiger partial charge in [0.2, 0.25) is 0 Å². The molecule has 1 amide bonds. The van der Waals surface area contributed by atoms with Crippen LogP contribution in [-0.2, 0) is 11.2 Å². The molecule has 1 N–H and O–H groups in total. The Labute approximate surface area is 151 Å². The minimum absolute atomic E-state index is 0.0875. The second kappa shape index (κ2) is 6.31. The average molecular weight is 345 g/mol. The Hall–Kier alpha value is -1.55. The number of amides is 1. The number of hydrogen-bond acceptors (Lipinski definition) is 3. The van der Waals surface area contributed by atoms with Gasteiger partial charge < -0.3 is 14.7 Å². The number of carbonyl (C=O) groups is 1. The van der Waals surface area contributed by atoms with Gasteiger partial charge in [0.25, 0.3) is 0 Å². The summed E-state index contributed by atoms with van der Waals surface area (Å²) in [5.74, 6) is 0. The Morgan fingerprint density at radius 1 is 1.16 bits per heavy atom. The lowest BCUT2D eigenvalue weighted by molar-refractivity contribution is -0.0579. The zero-order valence-electron chi connectivity index (χ0n) is 16.1. The van der Waals surface area contributed by atoms with Gasteiger partial charge in [0.15, 0.2) is 0 Å². The Kier molecular flexibility index (Phi) is 4.61. The second-order valence-corrected chi connectivity index (χ2v) is 9.08. The van der Waals surface area contributed by atoms with Crippen LogP contribution < -0.4 is 0 Å². The van der Waals surface area contributed by atoms with Crippen molar-refractivity contribution >= 4 is 6.09 Å². The third-order valence-electron chi connectivity index (χ3n) is 5.27. The van der Waals surface area contributed by atoms with Crippen LogP contribution in [-0.4, -0.2) is 39.4 Å². The third kappa shape index (κ3) is 4.17. The monoisotopic (exact) mass is 345 g/mol. The predicted molar refractivity (Wildman–Crippen MR) is 98.7 cm³/mol. The SMILES string of the molecule is Cc1cc(C)cc(CC2(O)CC3CCC(C2)N3C(=O)OC(C)(C)C)c1. The second-order valence-electron chi connectivity index (χ2n) is 9.08. The van der Waals surface area contributed by atoms with Gasteiger partial charge in [-0.3, -0.25) is 0 Å². The van der Waals surface area contributed by atoms with E-state index in [4.69, 9.17) is 4.74 Å². The molecule has 2 saturated heterocycles. The van der Waals surface area contributed by atoms with Gasteiger partial charge in [-0.15, -0.1) is 0 Å². The molecule has 2 heterocycles. The average Bonchev–Trinajstić information content (AvgIpc) is 2.68. The summed E-state index contributed by atoms with van der Waals surface area (Å²) in [6.07, 6.45) is 3.61. The lowest BCUT2D eigenvalue weighted by Gasteiger charge is -2.44. The highest BCUT2D eigenvalue weighted by molar-refractivity contribution is 5.69. The van der Waals surface area contributed by atoms with E-state index in [9.17, 15) is 9.90 Å². The van der Waals surface area contributed by atoms with Crippen LogP contribution in [0, 0.1) is 13.8 Å². The van der Waals surface area contributed by atoms with E-state index in [0.717, 1.165) is 12.8 Å². The normalized spacial score (nSPS) is 29.0. The molecular formula is C21H31NO3. The standard InChI is InChI=1S/C21H31NO3/c1-14-8-15(2)10-16(9-14)11-21(24)12-17-6-7-18(13-21)22(17)19(23)25-20(3,4)5/h8-10,17-18,24H,6-7,11-13H2,1-5H3. The van der Waals surface area contributed by atoms with E-state index >= 15 is 0 Å². The number of piperidine rings is 1. The molecule has 4 heteroatoms. The van der Waals surface area contributed by atoms with Gasteiger partial charge in [-0.25, -0.2) is 4.79 Å². The van der Waals surface area contributed by atoms with Crippen molar-refractivity contribution in [1.82, 2.24) is 4.90 Å². The maximum Gasteiger partial charge on any atom is 0.410 e. The van der Waals surface area contributed by atoms with E-state index in [-0.39, 0.29) is 18.2 Å². The molecule has 2 aliphatic rings. The minimum Gasteiger partial charge on any atom is -0.444 e. The number of ether oxygens (including phenoxy) is 1. The summed E-state index contributed by atoms with van der Waals surface area (Å²) in [4.78, 5) is 14.4. The van der Waals surface area contributed by atoms with Crippen LogP contribution in [0.25, 0.3) is 0 Å². The van der Waals surface area contributed by atoms with E-state index in [1.807, 2.05) is 25.7 Å². The molecule has 2 bridgehead atoms. The maximum atomic E-state index is 12.6. The molecule has 2 unspecified atom stereocenters. The van der Waals surface area contributed by atoms with E-state index in [2.05, 4.69) is 32.0 Å². The fraction of sp³-hybridized carbons (Fsp3) is 0.667. The summed E-state index contributed by atoms with van der Waals surface area (Å²) in [5, 5.41) is 11.2. The van der Waals surface area contributed by atoms with E-state index in [1.54, 1.807) is 0 Å². The molecule has 0 aliphatic carbocycles. The summed E-state index contributed by atoms with van der Waals surface area (Å²) < 4.78 is 5.58. The molecule has 0 radical (unpaired) electrons. The maximum absolute atomic E-state index is 12.6. The van der Waals surface area contributed by atoms with Crippen LogP contribution in [0.4, 0.5) is 4.79 Å². The fourth-order valence-electron chi connectivity index (χ4n) is 4.63. The van der Waals surface area contributed by atoms with Crippen molar-refractivity contribution in [3.05, 3.63) is 34.9 Å². The lowest BCUT2D eigenvalue weighted by atomic mass is 9.81. The Balaban J connectivity index is 1.73. The van der Waals surface area contributed by atoms with Crippen LogP contribution in [0.2, 0.25) is 0 Å². The van der Waals surface area contributed by atoms with Gasteiger partial charge in [-0.05, 0) is 65.9 Å². The number of benzene rings is 1. The van der Waals surface area contributed by atoms with Gasteiger partial charge in [-0.1, -0.05) is 29.3 Å². The molecule has 4 nitrogen and oxygen atoms in total. The van der Waals surface area contributed by atoms with Crippen molar-refractivity contribution in [2.45, 2.75) is 90.0 Å². The van der Waals surface area contributed by atoms with Crippen LogP contribution >= 0.6 is 0 Å². The molecule has 0 aromatic heterocycles. The molecule has 2 fully saturated rings. The highest BCUT2D eigenvalue weighted by Gasteiger charge is 2.50. The largest absolute Gasteiger partial charge is 0.444 e. The van der Waals surface area contributed by atoms with Crippen molar-refractivity contribution in [3.8, 4) is 0 Å². The lowest BCUT2D eigenvalue weighted by Crippen LogP contribution is -2.54. The Bertz CT molecular complexity index is 627. The molecule has 3 rings (SSSR count). The summed E-state index contributed by atoms with van der Waals surface area (Å²) in [5.41, 5.74) is 2.43. The molecule has 2 aliphatic heterocycles. The number of nitrogens with zero attached hydrogens (tertiary/aromatic N) is 1. The predicted octanol–water partition coefficient (Wildman–Crippen LogP) is 4.14. The number of fused-ring (bicyclic) bond motifs is 2. The van der Waals surface area contributed by atoms with Gasteiger partial charge in [0.05, 0.1) is 5.60 Å². The molecule has 1 aromatic rings. The topological polar surface area (TPSA) is 49.8 Å². The molecule has 2 atom stereocenters. The summed E-state index contributed by atoms with van der Waals surface area (Å²) >= 11 is 0. The number of aliphatic hydroxyl groups is 1. The van der Waals surface area contributed by atoms with Crippen LogP contribution in [0.5, 0.6) is 0 Å². The van der Waals surface area contributed by atoms with E-state index < -0.39 is 11.2 Å². The number of aryl methyl sites for hydroxylation is 2. The van der Waals surface area contributed by atoms with Crippen LogP contribution in [0.3, 0.4) is 0 Å². The van der Waals surface area contributed by atoms with Crippen LogP contribution in [0.15, 0.2) is 18.2 Å². The Morgan fingerprint density at radius 3 is 2.16 bits per heavy atom. The molecular weight excluding hydrogens is 314 g/mol.